The van der Waals surface area contributed by atoms with Gasteiger partial charge >= 0.3 is 0 Å². The number of benzene rings is 3. The molecule has 3 amide bonds. The van der Waals surface area contributed by atoms with Crippen LogP contribution in [0.15, 0.2) is 78.9 Å². The fourth-order valence-corrected chi connectivity index (χ4v) is 3.29. The molecule has 3 rings (SSSR count). The van der Waals surface area contributed by atoms with E-state index in [0.717, 1.165) is 11.4 Å². The Kier molecular flexibility index (Phi) is 8.18. The first-order valence-electron chi connectivity index (χ1n) is 10.9. The van der Waals surface area contributed by atoms with Crippen LogP contribution in [0.25, 0.3) is 0 Å². The molecular formula is C26H28N4O3. The molecule has 0 aliphatic carbocycles. The molecule has 0 heterocycles. The van der Waals surface area contributed by atoms with Crippen LogP contribution in [0.3, 0.4) is 0 Å². The number of nitrogens with one attached hydrogen (secondary N) is 3. The van der Waals surface area contributed by atoms with E-state index in [1.165, 1.54) is 0 Å². The summed E-state index contributed by atoms with van der Waals surface area (Å²) in [5.41, 5.74) is 3.30. The zero-order chi connectivity index (χ0) is 23.6. The van der Waals surface area contributed by atoms with Crippen LogP contribution in [0.5, 0.6) is 0 Å². The molecule has 3 aromatic rings. The van der Waals surface area contributed by atoms with Crippen molar-refractivity contribution in [3.05, 3.63) is 90.0 Å². The van der Waals surface area contributed by atoms with Crippen LogP contribution < -0.4 is 20.9 Å². The van der Waals surface area contributed by atoms with Crippen LogP contribution in [0, 0.1) is 0 Å². The van der Waals surface area contributed by atoms with Gasteiger partial charge in [-0.3, -0.25) is 14.4 Å². The predicted molar refractivity (Wildman–Crippen MR) is 132 cm³/mol. The highest BCUT2D eigenvalue weighted by Gasteiger charge is 2.15. The summed E-state index contributed by atoms with van der Waals surface area (Å²) in [6.07, 6.45) is 0. The zero-order valence-corrected chi connectivity index (χ0v) is 18.8. The Morgan fingerprint density at radius 2 is 1.36 bits per heavy atom. The molecular weight excluding hydrogens is 416 g/mol. The number of hydrogen-bond donors (Lipinski definition) is 3. The first-order chi connectivity index (χ1) is 16.0. The quantitative estimate of drug-likeness (QED) is 0.462. The smallest absolute Gasteiger partial charge is 0.258 e. The second-order valence-corrected chi connectivity index (χ2v) is 7.30. The summed E-state index contributed by atoms with van der Waals surface area (Å²) in [4.78, 5) is 38.6. The molecule has 0 unspecified atom stereocenters. The summed E-state index contributed by atoms with van der Waals surface area (Å²) >= 11 is 0. The molecule has 0 spiro atoms. The van der Waals surface area contributed by atoms with Gasteiger partial charge < -0.3 is 20.9 Å². The summed E-state index contributed by atoms with van der Waals surface area (Å²) in [5, 5.41) is 8.57. The first-order valence-corrected chi connectivity index (χ1v) is 10.9. The third-order valence-electron chi connectivity index (χ3n) is 4.98. The fraction of sp³-hybridized carbons (Fsp3) is 0.192. The van der Waals surface area contributed by atoms with Crippen molar-refractivity contribution in [3.63, 3.8) is 0 Å². The normalized spacial score (nSPS) is 10.2. The molecule has 3 N–H and O–H groups in total. The summed E-state index contributed by atoms with van der Waals surface area (Å²) in [6.45, 7) is 4.98. The van der Waals surface area contributed by atoms with E-state index in [4.69, 9.17) is 0 Å². The minimum Gasteiger partial charge on any atom is -0.376 e. The third kappa shape index (κ3) is 6.43. The van der Waals surface area contributed by atoms with Crippen LogP contribution in [0.4, 0.5) is 17.1 Å². The van der Waals surface area contributed by atoms with Gasteiger partial charge in [0, 0.05) is 41.3 Å². The molecule has 33 heavy (non-hydrogen) atoms. The molecule has 0 saturated carbocycles. The van der Waals surface area contributed by atoms with Gasteiger partial charge in [0.15, 0.2) is 0 Å². The second-order valence-electron chi connectivity index (χ2n) is 7.30. The largest absolute Gasteiger partial charge is 0.376 e. The van der Waals surface area contributed by atoms with Crippen molar-refractivity contribution < 1.29 is 14.4 Å². The summed E-state index contributed by atoms with van der Waals surface area (Å²) in [6, 6.07) is 23.3. The second kappa shape index (κ2) is 11.5. The highest BCUT2D eigenvalue weighted by molar-refractivity contribution is 6.06. The van der Waals surface area contributed by atoms with Crippen molar-refractivity contribution in [2.24, 2.45) is 0 Å². The molecule has 0 aromatic heterocycles. The monoisotopic (exact) mass is 444 g/mol. The molecule has 170 valence electrons. The van der Waals surface area contributed by atoms with Crippen molar-refractivity contribution in [2.75, 3.05) is 35.2 Å². The Morgan fingerprint density at radius 3 is 1.97 bits per heavy atom. The zero-order valence-electron chi connectivity index (χ0n) is 18.8. The molecule has 0 aliphatic rings. The van der Waals surface area contributed by atoms with Crippen molar-refractivity contribution in [2.45, 2.75) is 13.8 Å². The minimum atomic E-state index is -0.220. The van der Waals surface area contributed by atoms with Crippen molar-refractivity contribution in [1.29, 1.82) is 0 Å². The highest BCUT2D eigenvalue weighted by atomic mass is 16.2. The minimum absolute atomic E-state index is 0.0659. The standard InChI is InChI=1S/C26H28N4O3/c1-3-27-25(32)19-10-16-22(17-11-19)29-24(31)18-28-21-14-12-20(13-15-21)26(33)30(4-2)23-8-6-5-7-9-23/h5-17,28H,3-4,18H2,1-2H3,(H,27,32)(H,29,31). The number of amides is 3. The number of carbonyl (C=O) groups is 3. The van der Waals surface area contributed by atoms with Gasteiger partial charge in [0.05, 0.1) is 6.54 Å². The molecule has 0 aliphatic heterocycles. The molecule has 3 aromatic carbocycles. The lowest BCUT2D eigenvalue weighted by molar-refractivity contribution is -0.114. The van der Waals surface area contributed by atoms with Gasteiger partial charge in [0.1, 0.15) is 0 Å². The number of anilines is 3. The number of hydrogen-bond acceptors (Lipinski definition) is 4. The van der Waals surface area contributed by atoms with E-state index >= 15 is 0 Å². The maximum atomic E-state index is 12.9. The van der Waals surface area contributed by atoms with Gasteiger partial charge in [0.2, 0.25) is 5.91 Å². The Labute approximate surface area is 193 Å². The number of carbonyl (C=O) groups excluding carboxylic acids is 3. The molecule has 0 radical (unpaired) electrons. The van der Waals surface area contributed by atoms with Gasteiger partial charge in [0.25, 0.3) is 11.8 Å². The Hall–Kier alpha value is -4.13. The third-order valence-corrected chi connectivity index (χ3v) is 4.98. The van der Waals surface area contributed by atoms with E-state index in [-0.39, 0.29) is 24.3 Å². The Morgan fingerprint density at radius 1 is 0.758 bits per heavy atom. The lowest BCUT2D eigenvalue weighted by Gasteiger charge is -2.21. The summed E-state index contributed by atoms with van der Waals surface area (Å²) in [5.74, 6) is -0.448. The first kappa shape index (κ1) is 23.5. The topological polar surface area (TPSA) is 90.5 Å². The van der Waals surface area contributed by atoms with Crippen molar-refractivity contribution >= 4 is 34.8 Å². The average molecular weight is 445 g/mol. The average Bonchev–Trinajstić information content (AvgIpc) is 2.85. The Bertz CT molecular complexity index is 1080. The molecule has 0 bridgehead atoms. The fourth-order valence-electron chi connectivity index (χ4n) is 3.29. The lowest BCUT2D eigenvalue weighted by Crippen LogP contribution is -2.30. The maximum Gasteiger partial charge on any atom is 0.258 e. The van der Waals surface area contributed by atoms with Crippen molar-refractivity contribution in [3.8, 4) is 0 Å². The number of para-hydroxylation sites is 1. The van der Waals surface area contributed by atoms with Crippen LogP contribution in [-0.2, 0) is 4.79 Å². The van der Waals surface area contributed by atoms with Crippen LogP contribution in [-0.4, -0.2) is 37.4 Å². The van der Waals surface area contributed by atoms with Gasteiger partial charge in [-0.25, -0.2) is 0 Å². The van der Waals surface area contributed by atoms with Gasteiger partial charge in [-0.05, 0) is 74.5 Å². The summed E-state index contributed by atoms with van der Waals surface area (Å²) < 4.78 is 0. The van der Waals surface area contributed by atoms with Crippen LogP contribution >= 0.6 is 0 Å². The SMILES string of the molecule is CCNC(=O)c1ccc(NC(=O)CNc2ccc(C(=O)N(CC)c3ccccc3)cc2)cc1. The van der Waals surface area contributed by atoms with Gasteiger partial charge in [-0.1, -0.05) is 18.2 Å². The highest BCUT2D eigenvalue weighted by Crippen LogP contribution is 2.18. The van der Waals surface area contributed by atoms with Gasteiger partial charge in [-0.15, -0.1) is 0 Å². The van der Waals surface area contributed by atoms with Gasteiger partial charge in [-0.2, -0.15) is 0 Å². The van der Waals surface area contributed by atoms with Crippen molar-refractivity contribution in [1.82, 2.24) is 5.32 Å². The number of rotatable bonds is 9. The van der Waals surface area contributed by atoms with E-state index in [1.54, 1.807) is 53.4 Å². The molecule has 0 atom stereocenters. The van der Waals surface area contributed by atoms with E-state index in [2.05, 4.69) is 16.0 Å². The Balaban J connectivity index is 1.53. The molecule has 7 nitrogen and oxygen atoms in total. The number of nitrogens with zero attached hydrogens (tertiary/aromatic N) is 1. The molecule has 0 fully saturated rings. The van der Waals surface area contributed by atoms with E-state index in [1.807, 2.05) is 44.2 Å². The van der Waals surface area contributed by atoms with Crippen LogP contribution in [0.2, 0.25) is 0 Å². The molecule has 0 saturated heterocycles. The summed E-state index contributed by atoms with van der Waals surface area (Å²) in [7, 11) is 0. The van der Waals surface area contributed by atoms with E-state index in [0.29, 0.717) is 29.9 Å². The maximum absolute atomic E-state index is 12.9. The lowest BCUT2D eigenvalue weighted by atomic mass is 10.1. The van der Waals surface area contributed by atoms with E-state index < -0.39 is 0 Å². The molecule has 7 heteroatoms. The van der Waals surface area contributed by atoms with Crippen LogP contribution in [0.1, 0.15) is 34.6 Å². The van der Waals surface area contributed by atoms with E-state index in [9.17, 15) is 14.4 Å². The predicted octanol–water partition coefficient (Wildman–Crippen LogP) is 4.15.